The van der Waals surface area contributed by atoms with E-state index in [2.05, 4.69) is 40.1 Å². The standard InChI is InChI=1S/C15H30N2O/c1-7-16-13(18)9-8-12-10-14(2,3)17(6)15(4,5)11-12/h12H,7-11H2,1-6H3,(H,16,18)/p+1. The topological polar surface area (TPSA) is 33.5 Å². The van der Waals surface area contributed by atoms with E-state index in [0.29, 0.717) is 23.4 Å². The third-order valence-electron chi connectivity index (χ3n) is 4.78. The highest BCUT2D eigenvalue weighted by Gasteiger charge is 2.46. The van der Waals surface area contributed by atoms with Crippen molar-refractivity contribution < 1.29 is 9.69 Å². The van der Waals surface area contributed by atoms with Crippen molar-refractivity contribution in [1.29, 1.82) is 0 Å². The first-order valence-electron chi connectivity index (χ1n) is 7.30. The number of likely N-dealkylation sites (tertiary alicyclic amines) is 1. The molecule has 0 atom stereocenters. The van der Waals surface area contributed by atoms with Gasteiger partial charge in [-0.15, -0.1) is 0 Å². The molecule has 0 bridgehead atoms. The van der Waals surface area contributed by atoms with Crippen LogP contribution in [0.1, 0.15) is 60.3 Å². The first-order valence-corrected chi connectivity index (χ1v) is 7.30. The van der Waals surface area contributed by atoms with Crippen LogP contribution in [0, 0.1) is 5.92 Å². The minimum atomic E-state index is 0.208. The Balaban J connectivity index is 2.56. The van der Waals surface area contributed by atoms with Crippen LogP contribution < -0.4 is 10.2 Å². The lowest BCUT2D eigenvalue weighted by Gasteiger charge is -2.50. The Morgan fingerprint density at radius 3 is 2.17 bits per heavy atom. The summed E-state index contributed by atoms with van der Waals surface area (Å²) in [6.07, 6.45) is 4.17. The minimum absolute atomic E-state index is 0.208. The van der Waals surface area contributed by atoms with E-state index in [4.69, 9.17) is 0 Å². The van der Waals surface area contributed by atoms with Crippen LogP contribution in [0.3, 0.4) is 0 Å². The van der Waals surface area contributed by atoms with Gasteiger partial charge in [0.15, 0.2) is 0 Å². The number of carbonyl (C=O) groups is 1. The van der Waals surface area contributed by atoms with Gasteiger partial charge in [0.2, 0.25) is 5.91 Å². The van der Waals surface area contributed by atoms with Gasteiger partial charge in [-0.05, 0) is 47.0 Å². The number of hydrogen-bond donors (Lipinski definition) is 2. The highest BCUT2D eigenvalue weighted by atomic mass is 16.1. The van der Waals surface area contributed by atoms with E-state index in [1.807, 2.05) is 6.92 Å². The molecule has 0 unspecified atom stereocenters. The molecule has 1 aliphatic heterocycles. The van der Waals surface area contributed by atoms with E-state index in [9.17, 15) is 4.79 Å². The summed E-state index contributed by atoms with van der Waals surface area (Å²) < 4.78 is 0. The number of nitrogens with one attached hydrogen (secondary N) is 2. The molecule has 1 fully saturated rings. The van der Waals surface area contributed by atoms with Gasteiger partial charge in [-0.2, -0.15) is 0 Å². The number of hydrogen-bond acceptors (Lipinski definition) is 1. The molecule has 1 rings (SSSR count). The van der Waals surface area contributed by atoms with Crippen LogP contribution in [-0.2, 0) is 4.79 Å². The lowest BCUT2D eigenvalue weighted by Crippen LogP contribution is -3.24. The molecule has 0 aromatic carbocycles. The molecule has 0 radical (unpaired) electrons. The molecule has 0 aromatic rings. The average molecular weight is 255 g/mol. The van der Waals surface area contributed by atoms with Gasteiger partial charge in [-0.25, -0.2) is 0 Å². The quantitative estimate of drug-likeness (QED) is 0.782. The van der Waals surface area contributed by atoms with Gasteiger partial charge < -0.3 is 10.2 Å². The summed E-state index contributed by atoms with van der Waals surface area (Å²) in [5.41, 5.74) is 0.626. The Morgan fingerprint density at radius 1 is 1.22 bits per heavy atom. The normalized spacial score (nSPS) is 29.9. The lowest BCUT2D eigenvalue weighted by atomic mass is 9.72. The number of piperidine rings is 1. The van der Waals surface area contributed by atoms with Crippen molar-refractivity contribution in [3.63, 3.8) is 0 Å². The smallest absolute Gasteiger partial charge is 0.219 e. The summed E-state index contributed by atoms with van der Waals surface area (Å²) in [5, 5.41) is 2.89. The second-order valence-corrected chi connectivity index (χ2v) is 7.16. The highest BCUT2D eigenvalue weighted by Crippen LogP contribution is 2.31. The van der Waals surface area contributed by atoms with Gasteiger partial charge >= 0.3 is 0 Å². The summed E-state index contributed by atoms with van der Waals surface area (Å²) >= 11 is 0. The van der Waals surface area contributed by atoms with E-state index in [1.165, 1.54) is 12.8 Å². The first kappa shape index (κ1) is 15.5. The second kappa shape index (κ2) is 5.60. The molecule has 0 saturated carbocycles. The van der Waals surface area contributed by atoms with Crippen molar-refractivity contribution >= 4 is 5.91 Å². The predicted octanol–water partition coefficient (Wildman–Crippen LogP) is 1.38. The van der Waals surface area contributed by atoms with E-state index < -0.39 is 0 Å². The zero-order valence-electron chi connectivity index (χ0n) is 13.0. The molecule has 106 valence electrons. The fourth-order valence-electron chi connectivity index (χ4n) is 3.56. The van der Waals surface area contributed by atoms with Crippen molar-refractivity contribution in [1.82, 2.24) is 5.32 Å². The zero-order valence-corrected chi connectivity index (χ0v) is 13.0. The van der Waals surface area contributed by atoms with Gasteiger partial charge in [-0.1, -0.05) is 0 Å². The molecule has 0 aromatic heterocycles. The molecule has 3 heteroatoms. The third-order valence-corrected chi connectivity index (χ3v) is 4.78. The Kier molecular flexibility index (Phi) is 4.82. The van der Waals surface area contributed by atoms with Crippen LogP contribution in [0.2, 0.25) is 0 Å². The van der Waals surface area contributed by atoms with Crippen molar-refractivity contribution in [2.45, 2.75) is 71.4 Å². The maximum atomic E-state index is 11.6. The van der Waals surface area contributed by atoms with Gasteiger partial charge in [0.05, 0.1) is 18.1 Å². The van der Waals surface area contributed by atoms with Crippen molar-refractivity contribution in [3.05, 3.63) is 0 Å². The second-order valence-electron chi connectivity index (χ2n) is 7.16. The summed E-state index contributed by atoms with van der Waals surface area (Å²) in [4.78, 5) is 13.2. The zero-order chi connectivity index (χ0) is 14.0. The van der Waals surface area contributed by atoms with Gasteiger partial charge in [0.25, 0.3) is 0 Å². The number of amides is 1. The maximum Gasteiger partial charge on any atom is 0.219 e. The average Bonchev–Trinajstić information content (AvgIpc) is 2.23. The molecule has 0 aliphatic carbocycles. The predicted molar refractivity (Wildman–Crippen MR) is 75.7 cm³/mol. The van der Waals surface area contributed by atoms with Crippen molar-refractivity contribution in [3.8, 4) is 0 Å². The van der Waals surface area contributed by atoms with Crippen LogP contribution in [0.25, 0.3) is 0 Å². The van der Waals surface area contributed by atoms with Gasteiger partial charge in [0.1, 0.15) is 0 Å². The lowest BCUT2D eigenvalue weighted by molar-refractivity contribution is -0.983. The molecule has 1 saturated heterocycles. The summed E-state index contributed by atoms with van der Waals surface area (Å²) in [5.74, 6) is 0.890. The van der Waals surface area contributed by atoms with E-state index in [1.54, 1.807) is 4.90 Å². The molecule has 2 N–H and O–H groups in total. The minimum Gasteiger partial charge on any atom is -0.356 e. The Bertz CT molecular complexity index is 279. The fraction of sp³-hybridized carbons (Fsp3) is 0.933. The monoisotopic (exact) mass is 255 g/mol. The summed E-state index contributed by atoms with van der Waals surface area (Å²) in [6.45, 7) is 12.1. The van der Waals surface area contributed by atoms with Crippen LogP contribution in [0.15, 0.2) is 0 Å². The number of quaternary nitrogens is 1. The van der Waals surface area contributed by atoms with Crippen LogP contribution in [-0.4, -0.2) is 30.6 Å². The Labute approximate surface area is 112 Å². The van der Waals surface area contributed by atoms with Crippen LogP contribution in [0.4, 0.5) is 0 Å². The molecule has 18 heavy (non-hydrogen) atoms. The van der Waals surface area contributed by atoms with Crippen molar-refractivity contribution in [2.24, 2.45) is 5.92 Å². The molecular weight excluding hydrogens is 224 g/mol. The van der Waals surface area contributed by atoms with Crippen LogP contribution in [0.5, 0.6) is 0 Å². The molecule has 1 amide bonds. The molecule has 0 spiro atoms. The third kappa shape index (κ3) is 3.71. The largest absolute Gasteiger partial charge is 0.356 e. The molecule has 1 aliphatic rings. The Morgan fingerprint density at radius 2 is 1.72 bits per heavy atom. The maximum absolute atomic E-state index is 11.6. The fourth-order valence-corrected chi connectivity index (χ4v) is 3.56. The summed E-state index contributed by atoms with van der Waals surface area (Å²) in [6, 6.07) is 0. The van der Waals surface area contributed by atoms with E-state index in [-0.39, 0.29) is 5.91 Å². The van der Waals surface area contributed by atoms with E-state index >= 15 is 0 Å². The molecule has 3 nitrogen and oxygen atoms in total. The summed E-state index contributed by atoms with van der Waals surface area (Å²) in [7, 11) is 2.31. The van der Waals surface area contributed by atoms with Crippen molar-refractivity contribution in [2.75, 3.05) is 13.6 Å². The van der Waals surface area contributed by atoms with Crippen LogP contribution >= 0.6 is 0 Å². The molecule has 1 heterocycles. The van der Waals surface area contributed by atoms with Gasteiger partial charge in [0, 0.05) is 25.8 Å². The number of carbonyl (C=O) groups excluding carboxylic acids is 1. The SMILES string of the molecule is CCNC(=O)CCC1CC(C)(C)[NH+](C)C(C)(C)C1. The Hall–Kier alpha value is -0.570. The highest BCUT2D eigenvalue weighted by molar-refractivity contribution is 5.75. The first-order chi connectivity index (χ1) is 8.19. The molecular formula is C15H31N2O+. The van der Waals surface area contributed by atoms with E-state index in [0.717, 1.165) is 13.0 Å². The number of rotatable bonds is 4. The van der Waals surface area contributed by atoms with Gasteiger partial charge in [-0.3, -0.25) is 4.79 Å².